The number of carboxylic acids is 1. The zero-order valence-corrected chi connectivity index (χ0v) is 21.2. The predicted octanol–water partition coefficient (Wildman–Crippen LogP) is -1.70. The van der Waals surface area contributed by atoms with Crippen molar-refractivity contribution in [2.45, 2.75) is 69.6 Å². The van der Waals surface area contributed by atoms with Crippen molar-refractivity contribution in [1.29, 1.82) is 0 Å². The number of aliphatic imine (C=N–C) groups is 1. The van der Waals surface area contributed by atoms with Gasteiger partial charge in [0.1, 0.15) is 18.1 Å². The number of carboxylic acid groups (broad SMARTS) is 1. The van der Waals surface area contributed by atoms with E-state index in [1.165, 1.54) is 6.92 Å². The van der Waals surface area contributed by atoms with Crippen molar-refractivity contribution >= 4 is 29.7 Å². The first-order valence-corrected chi connectivity index (χ1v) is 12.2. The molecule has 0 spiro atoms. The molecule has 0 aromatic heterocycles. The van der Waals surface area contributed by atoms with Crippen molar-refractivity contribution in [3.05, 3.63) is 35.9 Å². The Morgan fingerprint density at radius 2 is 1.51 bits per heavy atom. The summed E-state index contributed by atoms with van der Waals surface area (Å²) in [5.74, 6) is -3.12. The lowest BCUT2D eigenvalue weighted by Crippen LogP contribution is -2.57. The molecule has 1 rings (SSSR count). The van der Waals surface area contributed by atoms with E-state index in [2.05, 4.69) is 20.9 Å². The van der Waals surface area contributed by atoms with Crippen LogP contribution in [0.2, 0.25) is 0 Å². The van der Waals surface area contributed by atoms with Crippen LogP contribution in [0.4, 0.5) is 0 Å². The molecule has 12 N–H and O–H groups in total. The number of amides is 3. The Morgan fingerprint density at radius 3 is 2.11 bits per heavy atom. The third-order valence-electron chi connectivity index (χ3n) is 5.53. The van der Waals surface area contributed by atoms with E-state index in [1.807, 2.05) is 6.07 Å². The van der Waals surface area contributed by atoms with E-state index in [9.17, 15) is 19.2 Å². The smallest absolute Gasteiger partial charge is 0.325 e. The van der Waals surface area contributed by atoms with E-state index in [4.69, 9.17) is 28.0 Å². The van der Waals surface area contributed by atoms with Crippen LogP contribution < -0.4 is 38.9 Å². The van der Waals surface area contributed by atoms with E-state index in [0.29, 0.717) is 32.2 Å². The number of carbonyl (C=O) groups excluding carboxylic acids is 3. The molecule has 1 aromatic rings. The standard InChI is InChI=1S/C24H40N8O5/c1-15(23(36)37)30-22(35)19(14-16-8-3-2-4-9-16)32-21(34)18(11-7-13-29-24(27)28)31-20(33)17(26)10-5-6-12-25/h2-4,8-9,15,17-19H,5-7,10-14,25-26H2,1H3,(H,30,35)(H,31,33)(H,32,34)(H,36,37)(H4,27,28,29). The van der Waals surface area contributed by atoms with Crippen LogP contribution in [-0.4, -0.2) is 72.0 Å². The average molecular weight is 521 g/mol. The topological polar surface area (TPSA) is 241 Å². The highest BCUT2D eigenvalue weighted by Gasteiger charge is 2.29. The number of hydrogen-bond donors (Lipinski definition) is 8. The first kappa shape index (κ1) is 31.3. The molecule has 13 heteroatoms. The minimum atomic E-state index is -1.22. The first-order valence-electron chi connectivity index (χ1n) is 12.2. The van der Waals surface area contributed by atoms with Gasteiger partial charge in [0.25, 0.3) is 0 Å². The number of nitrogens with one attached hydrogen (secondary N) is 3. The van der Waals surface area contributed by atoms with Crippen LogP contribution >= 0.6 is 0 Å². The molecule has 4 unspecified atom stereocenters. The largest absolute Gasteiger partial charge is 0.480 e. The van der Waals surface area contributed by atoms with Gasteiger partial charge in [0.2, 0.25) is 17.7 Å². The van der Waals surface area contributed by atoms with Gasteiger partial charge in [-0.3, -0.25) is 24.2 Å². The van der Waals surface area contributed by atoms with E-state index >= 15 is 0 Å². The molecular formula is C24H40N8O5. The van der Waals surface area contributed by atoms with Gasteiger partial charge in [-0.25, -0.2) is 0 Å². The maximum Gasteiger partial charge on any atom is 0.325 e. The fourth-order valence-electron chi connectivity index (χ4n) is 3.40. The summed E-state index contributed by atoms with van der Waals surface area (Å²) < 4.78 is 0. The molecule has 37 heavy (non-hydrogen) atoms. The zero-order valence-electron chi connectivity index (χ0n) is 21.2. The summed E-state index contributed by atoms with van der Waals surface area (Å²) in [7, 11) is 0. The van der Waals surface area contributed by atoms with E-state index < -0.39 is 47.9 Å². The highest BCUT2D eigenvalue weighted by Crippen LogP contribution is 2.07. The van der Waals surface area contributed by atoms with Crippen molar-refractivity contribution in [1.82, 2.24) is 16.0 Å². The van der Waals surface area contributed by atoms with Gasteiger partial charge in [0.15, 0.2) is 5.96 Å². The number of carbonyl (C=O) groups is 4. The molecule has 0 aliphatic rings. The number of nitrogens with zero attached hydrogens (tertiary/aromatic N) is 1. The lowest BCUT2D eigenvalue weighted by atomic mass is 10.0. The van der Waals surface area contributed by atoms with Gasteiger partial charge in [-0.1, -0.05) is 36.8 Å². The summed E-state index contributed by atoms with van der Waals surface area (Å²) in [5.41, 5.74) is 22.9. The fourth-order valence-corrected chi connectivity index (χ4v) is 3.40. The summed E-state index contributed by atoms with van der Waals surface area (Å²) in [4.78, 5) is 53.9. The normalized spacial score (nSPS) is 13.9. The molecule has 0 bridgehead atoms. The number of unbranched alkanes of at least 4 members (excludes halogenated alkanes) is 1. The molecule has 206 valence electrons. The van der Waals surface area contributed by atoms with Gasteiger partial charge in [-0.15, -0.1) is 0 Å². The molecule has 0 fully saturated rings. The highest BCUT2D eigenvalue weighted by atomic mass is 16.4. The lowest BCUT2D eigenvalue weighted by Gasteiger charge is -2.25. The van der Waals surface area contributed by atoms with Gasteiger partial charge in [0, 0.05) is 13.0 Å². The number of benzene rings is 1. The molecule has 1 aromatic carbocycles. The fraction of sp³-hybridized carbons (Fsp3) is 0.542. The van der Waals surface area contributed by atoms with Crippen LogP contribution in [0.5, 0.6) is 0 Å². The molecule has 0 saturated heterocycles. The molecule has 0 heterocycles. The Morgan fingerprint density at radius 1 is 0.892 bits per heavy atom. The van der Waals surface area contributed by atoms with Crippen LogP contribution in [0.1, 0.15) is 44.6 Å². The van der Waals surface area contributed by atoms with E-state index in [0.717, 1.165) is 5.56 Å². The third-order valence-corrected chi connectivity index (χ3v) is 5.53. The number of guanidine groups is 1. The van der Waals surface area contributed by atoms with Gasteiger partial charge in [0.05, 0.1) is 6.04 Å². The SMILES string of the molecule is CC(NC(=O)C(Cc1ccccc1)NC(=O)C(CCCN=C(N)N)NC(=O)C(N)CCCCN)C(=O)O. The Bertz CT molecular complexity index is 908. The van der Waals surface area contributed by atoms with Crippen LogP contribution in [0.25, 0.3) is 0 Å². The van der Waals surface area contributed by atoms with Crippen molar-refractivity contribution in [3.63, 3.8) is 0 Å². The highest BCUT2D eigenvalue weighted by molar-refractivity contribution is 5.94. The quantitative estimate of drug-likeness (QED) is 0.0662. The van der Waals surface area contributed by atoms with Crippen LogP contribution in [-0.2, 0) is 25.6 Å². The number of hydrogen-bond acceptors (Lipinski definition) is 7. The van der Waals surface area contributed by atoms with Gasteiger partial charge in [-0.2, -0.15) is 0 Å². The molecule has 4 atom stereocenters. The summed E-state index contributed by atoms with van der Waals surface area (Å²) in [6.45, 7) is 2.03. The number of rotatable bonds is 17. The van der Waals surface area contributed by atoms with Gasteiger partial charge < -0.3 is 44.0 Å². The van der Waals surface area contributed by atoms with Crippen LogP contribution in [0.15, 0.2) is 35.3 Å². The van der Waals surface area contributed by atoms with Crippen molar-refractivity contribution in [2.75, 3.05) is 13.1 Å². The molecule has 0 saturated carbocycles. The summed E-state index contributed by atoms with van der Waals surface area (Å²) in [5, 5.41) is 16.9. The van der Waals surface area contributed by atoms with Crippen LogP contribution in [0.3, 0.4) is 0 Å². The molecule has 13 nitrogen and oxygen atoms in total. The van der Waals surface area contributed by atoms with Gasteiger partial charge in [-0.05, 0) is 44.7 Å². The number of aliphatic carboxylic acids is 1. The minimum Gasteiger partial charge on any atom is -0.480 e. The summed E-state index contributed by atoms with van der Waals surface area (Å²) in [6, 6.07) is 4.82. The Balaban J connectivity index is 3.03. The average Bonchev–Trinajstić information content (AvgIpc) is 2.85. The lowest BCUT2D eigenvalue weighted by molar-refractivity contribution is -0.141. The maximum absolute atomic E-state index is 13.2. The molecule has 0 radical (unpaired) electrons. The van der Waals surface area contributed by atoms with E-state index in [1.54, 1.807) is 24.3 Å². The molecule has 0 aliphatic heterocycles. The Labute approximate surface area is 216 Å². The second-order valence-electron chi connectivity index (χ2n) is 8.72. The minimum absolute atomic E-state index is 0.0980. The zero-order chi connectivity index (χ0) is 27.8. The molecule has 0 aliphatic carbocycles. The summed E-state index contributed by atoms with van der Waals surface area (Å²) in [6.07, 6.45) is 2.43. The summed E-state index contributed by atoms with van der Waals surface area (Å²) >= 11 is 0. The predicted molar refractivity (Wildman–Crippen MR) is 140 cm³/mol. The van der Waals surface area contributed by atoms with Gasteiger partial charge >= 0.3 is 5.97 Å². The van der Waals surface area contributed by atoms with E-state index in [-0.39, 0.29) is 25.3 Å². The van der Waals surface area contributed by atoms with Crippen LogP contribution in [0, 0.1) is 0 Å². The molecule has 3 amide bonds. The first-order chi connectivity index (χ1) is 17.5. The van der Waals surface area contributed by atoms with Crippen molar-refractivity contribution in [3.8, 4) is 0 Å². The monoisotopic (exact) mass is 520 g/mol. The second-order valence-corrected chi connectivity index (χ2v) is 8.72. The Kier molecular flexibility index (Phi) is 14.3. The Hall–Kier alpha value is -3.71. The van der Waals surface area contributed by atoms with Crippen molar-refractivity contribution in [2.24, 2.45) is 27.9 Å². The number of nitrogens with two attached hydrogens (primary N) is 4. The maximum atomic E-state index is 13.2. The van der Waals surface area contributed by atoms with Crippen molar-refractivity contribution < 1.29 is 24.3 Å². The third kappa shape index (κ3) is 12.7. The second kappa shape index (κ2) is 16.9. The molecular weight excluding hydrogens is 480 g/mol.